The van der Waals surface area contributed by atoms with Gasteiger partial charge in [-0.1, -0.05) is 23.7 Å². The molecule has 2 aliphatic heterocycles. The minimum absolute atomic E-state index is 0.480. The molecule has 2 aromatic heterocycles. The van der Waals surface area contributed by atoms with Crippen molar-refractivity contribution in [2.24, 2.45) is 0 Å². The third-order valence-corrected chi connectivity index (χ3v) is 8.48. The van der Waals surface area contributed by atoms with Crippen LogP contribution < -0.4 is 20.4 Å². The number of fused-ring (bicyclic) bond motifs is 1. The van der Waals surface area contributed by atoms with Crippen LogP contribution in [-0.2, 0) is 0 Å². The predicted molar refractivity (Wildman–Crippen MR) is 161 cm³/mol. The Bertz CT molecular complexity index is 1510. The lowest BCUT2D eigenvalue weighted by Gasteiger charge is -2.34. The van der Waals surface area contributed by atoms with Crippen LogP contribution in [-0.4, -0.2) is 59.0 Å². The summed E-state index contributed by atoms with van der Waals surface area (Å²) in [6.07, 6.45) is 2.82. The Balaban J connectivity index is 1.26. The molecule has 4 aromatic rings. The van der Waals surface area contributed by atoms with Crippen molar-refractivity contribution in [2.45, 2.75) is 20.1 Å². The van der Waals surface area contributed by atoms with E-state index in [1.807, 2.05) is 60.7 Å². The largest absolute Gasteiger partial charge is 0.369 e. The molecule has 0 radical (unpaired) electrons. The number of rotatable bonds is 6. The molecule has 10 heteroatoms. The summed E-state index contributed by atoms with van der Waals surface area (Å²) < 4.78 is 0. The molecular weight excluding hydrogens is 530 g/mol. The number of hydrogen-bond acceptors (Lipinski definition) is 9. The first kappa shape index (κ1) is 25.8. The number of hydrogen-bond donors (Lipinski definition) is 3. The Morgan fingerprint density at radius 2 is 1.92 bits per heavy atom. The van der Waals surface area contributed by atoms with Gasteiger partial charge >= 0.3 is 0 Å². The maximum Gasteiger partial charge on any atom is 0.229 e. The van der Waals surface area contributed by atoms with Gasteiger partial charge in [0, 0.05) is 72.0 Å². The van der Waals surface area contributed by atoms with E-state index in [0.29, 0.717) is 23.3 Å². The van der Waals surface area contributed by atoms with E-state index in [1.54, 1.807) is 17.5 Å². The van der Waals surface area contributed by atoms with Crippen LogP contribution in [0.15, 0.2) is 54.2 Å². The van der Waals surface area contributed by atoms with E-state index in [4.69, 9.17) is 16.6 Å². The fourth-order valence-electron chi connectivity index (χ4n) is 5.12. The van der Waals surface area contributed by atoms with Crippen molar-refractivity contribution in [2.75, 3.05) is 47.8 Å². The highest BCUT2D eigenvalue weighted by molar-refractivity contribution is 7.13. The molecule has 0 saturated carbocycles. The minimum Gasteiger partial charge on any atom is -0.369 e. The van der Waals surface area contributed by atoms with E-state index in [1.165, 1.54) is 5.69 Å². The highest BCUT2D eigenvalue weighted by Gasteiger charge is 2.30. The highest BCUT2D eigenvalue weighted by atomic mass is 35.5. The summed E-state index contributed by atoms with van der Waals surface area (Å²) in [5, 5.41) is 18.7. The molecule has 3 N–H and O–H groups in total. The van der Waals surface area contributed by atoms with Gasteiger partial charge in [0.25, 0.3) is 0 Å². The standard InChI is InChI=1S/C29H30ClN7OS/c1-3-37-27-20(14-24(28(37)38)23-9-4-19(15-25(23)30)26-18(2)33-17-39-26)16-32-29(35-27)34-21-5-7-22(8-6-21)36-12-10-31-11-13-36/h4-9,14-17,28,31,38H,3,10-13H2,1-2H3,(H,32,34,35). The average molecular weight is 560 g/mol. The topological polar surface area (TPSA) is 89.4 Å². The van der Waals surface area contributed by atoms with Crippen molar-refractivity contribution in [3.05, 3.63) is 76.0 Å². The number of aliphatic hydroxyl groups is 1. The molecule has 4 heterocycles. The summed E-state index contributed by atoms with van der Waals surface area (Å²) in [4.78, 5) is 19.0. The first-order valence-electron chi connectivity index (χ1n) is 13.1. The number of likely N-dealkylation sites (N-methyl/N-ethyl adjacent to an activating group) is 1. The lowest BCUT2D eigenvalue weighted by atomic mass is 9.96. The molecule has 0 bridgehead atoms. The Morgan fingerprint density at radius 3 is 2.62 bits per heavy atom. The number of aryl methyl sites for hydroxylation is 1. The molecule has 0 amide bonds. The van der Waals surface area contributed by atoms with E-state index in [-0.39, 0.29) is 0 Å². The van der Waals surface area contributed by atoms with Crippen LogP contribution in [0.25, 0.3) is 22.1 Å². The average Bonchev–Trinajstić information content (AvgIpc) is 3.39. The Kier molecular flexibility index (Phi) is 7.22. The van der Waals surface area contributed by atoms with Crippen LogP contribution in [0.3, 0.4) is 0 Å². The minimum atomic E-state index is -0.892. The van der Waals surface area contributed by atoms with Crippen LogP contribution in [0.4, 0.5) is 23.1 Å². The van der Waals surface area contributed by atoms with E-state index in [9.17, 15) is 5.11 Å². The molecular formula is C29H30ClN7OS. The lowest BCUT2D eigenvalue weighted by molar-refractivity contribution is 0.225. The SMILES string of the molecule is CCN1c2nc(Nc3ccc(N4CCNCC4)cc3)ncc2C=C(c2ccc(-c3scnc3C)cc2Cl)C1O. The summed E-state index contributed by atoms with van der Waals surface area (Å²) in [5.41, 5.74) is 8.27. The molecule has 1 atom stereocenters. The van der Waals surface area contributed by atoms with Gasteiger partial charge < -0.3 is 25.5 Å². The zero-order valence-electron chi connectivity index (χ0n) is 21.9. The van der Waals surface area contributed by atoms with Gasteiger partial charge in [-0.25, -0.2) is 9.97 Å². The van der Waals surface area contributed by atoms with Gasteiger partial charge in [0.15, 0.2) is 6.23 Å². The Labute approximate surface area is 237 Å². The van der Waals surface area contributed by atoms with E-state index < -0.39 is 6.23 Å². The molecule has 0 spiro atoms. The number of anilines is 4. The van der Waals surface area contributed by atoms with E-state index >= 15 is 0 Å². The third kappa shape index (κ3) is 5.10. The summed E-state index contributed by atoms with van der Waals surface area (Å²) in [6.45, 7) is 8.57. The van der Waals surface area contributed by atoms with Crippen LogP contribution >= 0.6 is 22.9 Å². The highest BCUT2D eigenvalue weighted by Crippen LogP contribution is 2.39. The fraction of sp³-hybridized carbons (Fsp3) is 0.276. The summed E-state index contributed by atoms with van der Waals surface area (Å²) in [6, 6.07) is 14.3. The molecule has 8 nitrogen and oxygen atoms in total. The van der Waals surface area contributed by atoms with Gasteiger partial charge in [0.2, 0.25) is 5.95 Å². The second kappa shape index (κ2) is 10.9. The Hall–Kier alpha value is -3.50. The van der Waals surface area contributed by atoms with Crippen molar-refractivity contribution < 1.29 is 5.11 Å². The van der Waals surface area contributed by atoms with Crippen LogP contribution in [0.2, 0.25) is 5.02 Å². The van der Waals surface area contributed by atoms with Crippen LogP contribution in [0.5, 0.6) is 0 Å². The van der Waals surface area contributed by atoms with Crippen LogP contribution in [0, 0.1) is 6.92 Å². The number of halogens is 1. The van der Waals surface area contributed by atoms with Crippen molar-refractivity contribution >= 4 is 57.7 Å². The summed E-state index contributed by atoms with van der Waals surface area (Å²) >= 11 is 8.35. The van der Waals surface area contributed by atoms with E-state index in [2.05, 4.69) is 37.6 Å². The van der Waals surface area contributed by atoms with Crippen molar-refractivity contribution in [3.8, 4) is 10.4 Å². The molecule has 200 valence electrons. The Morgan fingerprint density at radius 1 is 1.13 bits per heavy atom. The molecule has 6 rings (SSSR count). The normalized spacial score (nSPS) is 17.1. The quantitative estimate of drug-likeness (QED) is 0.289. The van der Waals surface area contributed by atoms with Gasteiger partial charge in [-0.3, -0.25) is 0 Å². The number of nitrogens with zero attached hydrogens (tertiary/aromatic N) is 5. The number of thiazole rings is 1. The zero-order valence-corrected chi connectivity index (χ0v) is 23.4. The second-order valence-corrected chi connectivity index (χ2v) is 10.9. The number of aliphatic hydroxyl groups excluding tert-OH is 1. The number of benzene rings is 2. The van der Waals surface area contributed by atoms with Crippen molar-refractivity contribution in [1.82, 2.24) is 20.3 Å². The molecule has 2 aromatic carbocycles. The first-order chi connectivity index (χ1) is 19.0. The molecule has 0 aliphatic carbocycles. The van der Waals surface area contributed by atoms with E-state index in [0.717, 1.165) is 64.7 Å². The molecule has 39 heavy (non-hydrogen) atoms. The predicted octanol–water partition coefficient (Wildman–Crippen LogP) is 5.41. The zero-order chi connectivity index (χ0) is 26.9. The fourth-order valence-corrected chi connectivity index (χ4v) is 6.21. The van der Waals surface area contributed by atoms with Gasteiger partial charge in [-0.2, -0.15) is 4.98 Å². The van der Waals surface area contributed by atoms with Crippen LogP contribution in [0.1, 0.15) is 23.7 Å². The van der Waals surface area contributed by atoms with Gasteiger partial charge in [0.1, 0.15) is 5.82 Å². The monoisotopic (exact) mass is 559 g/mol. The second-order valence-electron chi connectivity index (χ2n) is 9.60. The van der Waals surface area contributed by atoms with Crippen molar-refractivity contribution in [1.29, 1.82) is 0 Å². The van der Waals surface area contributed by atoms with Gasteiger partial charge in [-0.15, -0.1) is 11.3 Å². The third-order valence-electron chi connectivity index (χ3n) is 7.19. The first-order valence-corrected chi connectivity index (χ1v) is 14.3. The summed E-state index contributed by atoms with van der Waals surface area (Å²) in [5.74, 6) is 1.16. The number of nitrogens with one attached hydrogen (secondary N) is 2. The maximum atomic E-state index is 11.4. The molecule has 1 unspecified atom stereocenters. The van der Waals surface area contributed by atoms with Gasteiger partial charge in [0.05, 0.1) is 16.1 Å². The molecule has 1 fully saturated rings. The lowest BCUT2D eigenvalue weighted by Crippen LogP contribution is -2.43. The van der Waals surface area contributed by atoms with Crippen molar-refractivity contribution in [3.63, 3.8) is 0 Å². The summed E-state index contributed by atoms with van der Waals surface area (Å²) in [7, 11) is 0. The molecule has 2 aliphatic rings. The van der Waals surface area contributed by atoms with Gasteiger partial charge in [-0.05, 0) is 55.8 Å². The maximum absolute atomic E-state index is 11.4. The number of aromatic nitrogens is 3. The molecule has 1 saturated heterocycles. The smallest absolute Gasteiger partial charge is 0.229 e. The number of piperazine rings is 1.